The molecule has 0 aromatic rings. The predicted molar refractivity (Wildman–Crippen MR) is 144 cm³/mol. The van der Waals surface area contributed by atoms with Crippen molar-refractivity contribution in [2.24, 2.45) is 41.4 Å². The molecule has 0 aromatic carbocycles. The van der Waals surface area contributed by atoms with Crippen molar-refractivity contribution in [1.82, 2.24) is 0 Å². The second kappa shape index (κ2) is 15.0. The van der Waals surface area contributed by atoms with Crippen LogP contribution in [0.4, 0.5) is 8.78 Å². The van der Waals surface area contributed by atoms with Crippen LogP contribution in [-0.2, 0) is 9.47 Å². The van der Waals surface area contributed by atoms with Gasteiger partial charge >= 0.3 is 0 Å². The summed E-state index contributed by atoms with van der Waals surface area (Å²) in [4.78, 5) is 0. The zero-order chi connectivity index (χ0) is 25.2. The SMILES string of the molecule is C/C=C\CC1CCC(CCC2COC(C3CCC(C4CCC(CCC=C(F)F)CC4)CC3)OC2)CC1. The maximum Gasteiger partial charge on any atom is 0.266 e. The third kappa shape index (κ3) is 8.93. The van der Waals surface area contributed by atoms with Crippen LogP contribution in [0.5, 0.6) is 0 Å². The molecule has 4 fully saturated rings. The topological polar surface area (TPSA) is 18.5 Å². The van der Waals surface area contributed by atoms with Gasteiger partial charge in [0.05, 0.1) is 13.2 Å². The smallest absolute Gasteiger partial charge is 0.266 e. The molecule has 4 heteroatoms. The van der Waals surface area contributed by atoms with Crippen LogP contribution >= 0.6 is 0 Å². The Kier molecular flexibility index (Phi) is 11.8. The summed E-state index contributed by atoms with van der Waals surface area (Å²) in [5, 5.41) is 0. The van der Waals surface area contributed by atoms with Gasteiger partial charge in [-0.25, -0.2) is 0 Å². The van der Waals surface area contributed by atoms with Crippen molar-refractivity contribution in [3.8, 4) is 0 Å². The highest BCUT2D eigenvalue weighted by Gasteiger charge is 2.36. The lowest BCUT2D eigenvalue weighted by molar-refractivity contribution is -0.230. The lowest BCUT2D eigenvalue weighted by Gasteiger charge is -2.41. The second-order valence-electron chi connectivity index (χ2n) is 12.7. The first-order valence-electron chi connectivity index (χ1n) is 15.5. The summed E-state index contributed by atoms with van der Waals surface area (Å²) < 4.78 is 37.1. The number of allylic oxidation sites excluding steroid dienone is 3. The van der Waals surface area contributed by atoms with Gasteiger partial charge in [0.25, 0.3) is 6.08 Å². The van der Waals surface area contributed by atoms with Gasteiger partial charge < -0.3 is 9.47 Å². The lowest BCUT2D eigenvalue weighted by Crippen LogP contribution is -2.39. The summed E-state index contributed by atoms with van der Waals surface area (Å²) in [6.45, 7) is 3.92. The molecule has 2 nitrogen and oxygen atoms in total. The van der Waals surface area contributed by atoms with Gasteiger partial charge in [-0.3, -0.25) is 0 Å². The third-order valence-corrected chi connectivity index (χ3v) is 10.3. The van der Waals surface area contributed by atoms with Crippen LogP contribution in [0.2, 0.25) is 0 Å². The molecule has 0 amide bonds. The van der Waals surface area contributed by atoms with Crippen molar-refractivity contribution >= 4 is 0 Å². The van der Waals surface area contributed by atoms with Gasteiger partial charge in [-0.1, -0.05) is 44.3 Å². The van der Waals surface area contributed by atoms with Crippen molar-refractivity contribution in [1.29, 1.82) is 0 Å². The van der Waals surface area contributed by atoms with E-state index in [1.807, 2.05) is 0 Å². The molecule has 0 atom stereocenters. The highest BCUT2D eigenvalue weighted by Crippen LogP contribution is 2.44. The minimum Gasteiger partial charge on any atom is -0.352 e. The molecule has 0 radical (unpaired) electrons. The molecule has 0 bridgehead atoms. The Morgan fingerprint density at radius 3 is 1.75 bits per heavy atom. The van der Waals surface area contributed by atoms with Crippen LogP contribution in [0.3, 0.4) is 0 Å². The molecule has 0 N–H and O–H groups in total. The van der Waals surface area contributed by atoms with E-state index in [1.165, 1.54) is 96.3 Å². The van der Waals surface area contributed by atoms with Crippen molar-refractivity contribution in [2.75, 3.05) is 13.2 Å². The molecule has 0 unspecified atom stereocenters. The van der Waals surface area contributed by atoms with Gasteiger partial charge in [0.2, 0.25) is 0 Å². The first kappa shape index (κ1) is 28.3. The Bertz CT molecular complexity index is 656. The van der Waals surface area contributed by atoms with Gasteiger partial charge in [0.1, 0.15) is 0 Å². The third-order valence-electron chi connectivity index (χ3n) is 10.3. The number of rotatable bonds is 10. The molecule has 4 rings (SSSR count). The maximum atomic E-state index is 12.3. The van der Waals surface area contributed by atoms with Crippen molar-refractivity contribution in [3.05, 3.63) is 24.3 Å². The molecule has 0 spiro atoms. The summed E-state index contributed by atoms with van der Waals surface area (Å²) in [7, 11) is 0. The van der Waals surface area contributed by atoms with Crippen LogP contribution in [0, 0.1) is 41.4 Å². The van der Waals surface area contributed by atoms with Gasteiger partial charge in [-0.2, -0.15) is 8.78 Å². The van der Waals surface area contributed by atoms with Crippen molar-refractivity contribution < 1.29 is 18.3 Å². The molecule has 36 heavy (non-hydrogen) atoms. The first-order chi connectivity index (χ1) is 17.6. The van der Waals surface area contributed by atoms with Crippen LogP contribution in [-0.4, -0.2) is 19.5 Å². The largest absolute Gasteiger partial charge is 0.352 e. The predicted octanol–water partition coefficient (Wildman–Crippen LogP) is 9.70. The molecule has 206 valence electrons. The van der Waals surface area contributed by atoms with E-state index in [2.05, 4.69) is 19.1 Å². The first-order valence-corrected chi connectivity index (χ1v) is 15.5. The number of hydrogen-bond acceptors (Lipinski definition) is 2. The quantitative estimate of drug-likeness (QED) is 0.275. The van der Waals surface area contributed by atoms with Crippen molar-refractivity contribution in [3.63, 3.8) is 0 Å². The summed E-state index contributed by atoms with van der Waals surface area (Å²) in [6, 6.07) is 0. The van der Waals surface area contributed by atoms with E-state index in [0.717, 1.165) is 49.4 Å². The monoisotopic (exact) mass is 506 g/mol. The van der Waals surface area contributed by atoms with E-state index in [0.29, 0.717) is 24.2 Å². The molecular weight excluding hydrogens is 454 g/mol. The minimum absolute atomic E-state index is 0.0314. The van der Waals surface area contributed by atoms with Crippen LogP contribution in [0.1, 0.15) is 116 Å². The zero-order valence-electron chi connectivity index (χ0n) is 22.9. The van der Waals surface area contributed by atoms with E-state index in [-0.39, 0.29) is 6.29 Å². The molecule has 3 saturated carbocycles. The Morgan fingerprint density at radius 2 is 1.14 bits per heavy atom. The molecule has 1 aliphatic heterocycles. The Labute approximate surface area is 219 Å². The fourth-order valence-electron chi connectivity index (χ4n) is 7.82. The van der Waals surface area contributed by atoms with E-state index in [4.69, 9.17) is 9.47 Å². The van der Waals surface area contributed by atoms with E-state index in [9.17, 15) is 8.78 Å². The molecule has 3 aliphatic carbocycles. The van der Waals surface area contributed by atoms with E-state index in [1.54, 1.807) is 0 Å². The number of ether oxygens (including phenoxy) is 2. The van der Waals surface area contributed by atoms with Gasteiger partial charge in [-0.05, 0) is 120 Å². The van der Waals surface area contributed by atoms with Crippen LogP contribution < -0.4 is 0 Å². The van der Waals surface area contributed by atoms with Gasteiger partial charge in [0.15, 0.2) is 6.29 Å². The molecule has 1 saturated heterocycles. The highest BCUT2D eigenvalue weighted by atomic mass is 19.3. The molecule has 0 aromatic heterocycles. The summed E-state index contributed by atoms with van der Waals surface area (Å²) in [5.74, 6) is 5.38. The summed E-state index contributed by atoms with van der Waals surface area (Å²) >= 11 is 0. The molecular formula is C32H52F2O2. The molecule has 4 aliphatic rings. The van der Waals surface area contributed by atoms with Crippen molar-refractivity contribution in [2.45, 2.75) is 122 Å². The second-order valence-corrected chi connectivity index (χ2v) is 12.7. The summed E-state index contributed by atoms with van der Waals surface area (Å²) in [5.41, 5.74) is 0. The summed E-state index contributed by atoms with van der Waals surface area (Å²) in [6.07, 6.45) is 25.4. The Morgan fingerprint density at radius 1 is 0.639 bits per heavy atom. The Hall–Kier alpha value is -0.740. The Balaban J connectivity index is 1.06. The maximum absolute atomic E-state index is 12.3. The average Bonchev–Trinajstić information content (AvgIpc) is 2.92. The molecule has 1 heterocycles. The average molecular weight is 507 g/mol. The van der Waals surface area contributed by atoms with E-state index < -0.39 is 6.08 Å². The zero-order valence-corrected chi connectivity index (χ0v) is 22.9. The highest BCUT2D eigenvalue weighted by molar-refractivity contribution is 4.86. The fraction of sp³-hybridized carbons (Fsp3) is 0.875. The minimum atomic E-state index is -1.52. The number of halogens is 2. The fourth-order valence-corrected chi connectivity index (χ4v) is 7.82. The van der Waals surface area contributed by atoms with Crippen LogP contribution in [0.25, 0.3) is 0 Å². The van der Waals surface area contributed by atoms with Crippen LogP contribution in [0.15, 0.2) is 24.3 Å². The number of hydrogen-bond donors (Lipinski definition) is 0. The normalized spacial score (nSPS) is 38.2. The standard InChI is InChI=1S/C32H52F2O2/c1-2-3-5-24-8-10-26(11-9-24)12-13-27-22-35-32(36-23-27)30-20-18-29(19-21-30)28-16-14-25(15-17-28)6-4-7-31(33)34/h2-3,7,24-30,32H,4-6,8-23H2,1H3/b3-2-. The van der Waals surface area contributed by atoms with Gasteiger partial charge in [-0.15, -0.1) is 0 Å². The lowest BCUT2D eigenvalue weighted by atomic mass is 9.68. The van der Waals surface area contributed by atoms with E-state index >= 15 is 0 Å². The van der Waals surface area contributed by atoms with Gasteiger partial charge in [0, 0.05) is 11.8 Å².